The molecule has 0 saturated carbocycles. The second kappa shape index (κ2) is 6.51. The zero-order valence-electron chi connectivity index (χ0n) is 9.85. The first-order valence-electron chi connectivity index (χ1n) is 5.26. The Morgan fingerprint density at radius 1 is 1.44 bits per heavy atom. The fraction of sp³-hybridized carbons (Fsp3) is 0.400. The Morgan fingerprint density at radius 2 is 2.11 bits per heavy atom. The van der Waals surface area contributed by atoms with Crippen molar-refractivity contribution in [3.63, 3.8) is 0 Å². The summed E-state index contributed by atoms with van der Waals surface area (Å²) in [6.07, 6.45) is 0. The Bertz CT molecular complexity index is 546. The first-order chi connectivity index (χ1) is 8.36. The maximum atomic E-state index is 11.9. The number of hydrogen-bond acceptors (Lipinski definition) is 4. The Balaban J connectivity index is 2.74. The van der Waals surface area contributed by atoms with Gasteiger partial charge in [-0.1, -0.05) is 18.5 Å². The number of sulfonamides is 1. The summed E-state index contributed by atoms with van der Waals surface area (Å²) in [6.45, 7) is 1.91. The zero-order valence-corrected chi connectivity index (χ0v) is 12.2. The molecule has 8 heteroatoms. The molecular formula is C10H15ClN2O3S2. The van der Waals surface area contributed by atoms with Crippen LogP contribution in [0.1, 0.15) is 6.92 Å². The van der Waals surface area contributed by atoms with Gasteiger partial charge in [0.05, 0.1) is 15.6 Å². The summed E-state index contributed by atoms with van der Waals surface area (Å²) in [5.74, 6) is 0.799. The maximum absolute atomic E-state index is 11.9. The lowest BCUT2D eigenvalue weighted by Gasteiger charge is -2.07. The van der Waals surface area contributed by atoms with Crippen LogP contribution in [-0.2, 0) is 20.8 Å². The van der Waals surface area contributed by atoms with Crippen molar-refractivity contribution in [3.05, 3.63) is 23.2 Å². The zero-order chi connectivity index (χ0) is 13.8. The third-order valence-electron chi connectivity index (χ3n) is 2.23. The molecule has 102 valence electrons. The first-order valence-corrected chi connectivity index (χ1v) is 8.61. The van der Waals surface area contributed by atoms with E-state index in [1.165, 1.54) is 18.2 Å². The van der Waals surface area contributed by atoms with Gasteiger partial charge in [0.1, 0.15) is 0 Å². The van der Waals surface area contributed by atoms with Crippen LogP contribution in [0.2, 0.25) is 5.02 Å². The van der Waals surface area contributed by atoms with Crippen molar-refractivity contribution in [3.8, 4) is 0 Å². The molecule has 0 saturated heterocycles. The van der Waals surface area contributed by atoms with Crippen molar-refractivity contribution >= 4 is 38.1 Å². The highest BCUT2D eigenvalue weighted by Gasteiger charge is 2.14. The van der Waals surface area contributed by atoms with Gasteiger partial charge in [-0.15, -0.1) is 0 Å². The minimum absolute atomic E-state index is 0.0454. The van der Waals surface area contributed by atoms with Crippen molar-refractivity contribution < 1.29 is 12.6 Å². The van der Waals surface area contributed by atoms with Crippen molar-refractivity contribution in [1.82, 2.24) is 4.72 Å². The molecule has 0 fully saturated rings. The number of nitrogen functional groups attached to an aromatic ring is 1. The van der Waals surface area contributed by atoms with Gasteiger partial charge in [-0.3, -0.25) is 4.21 Å². The summed E-state index contributed by atoms with van der Waals surface area (Å²) >= 11 is 5.76. The molecule has 18 heavy (non-hydrogen) atoms. The number of halogens is 1. The molecule has 0 amide bonds. The quantitative estimate of drug-likeness (QED) is 0.766. The fourth-order valence-corrected chi connectivity index (χ4v) is 3.24. The SMILES string of the molecule is CCS(=O)CCNS(=O)(=O)c1ccc(N)c(Cl)c1. The molecule has 0 heterocycles. The molecule has 1 aromatic carbocycles. The van der Waals surface area contributed by atoms with E-state index in [0.717, 1.165) is 0 Å². The van der Waals surface area contributed by atoms with E-state index >= 15 is 0 Å². The average Bonchev–Trinajstić information content (AvgIpc) is 2.32. The first kappa shape index (κ1) is 15.4. The van der Waals surface area contributed by atoms with Crippen LogP contribution in [0, 0.1) is 0 Å². The van der Waals surface area contributed by atoms with Crippen LogP contribution in [0.5, 0.6) is 0 Å². The fourth-order valence-electron chi connectivity index (χ4n) is 1.19. The summed E-state index contributed by atoms with van der Waals surface area (Å²) in [5.41, 5.74) is 5.82. The molecule has 0 aliphatic heterocycles. The van der Waals surface area contributed by atoms with E-state index in [1.807, 2.05) is 0 Å². The predicted octanol–water partition coefficient (Wildman–Crippen LogP) is 0.969. The van der Waals surface area contributed by atoms with Gasteiger partial charge in [0, 0.05) is 28.9 Å². The van der Waals surface area contributed by atoms with Gasteiger partial charge in [-0.25, -0.2) is 13.1 Å². The smallest absolute Gasteiger partial charge is 0.240 e. The lowest BCUT2D eigenvalue weighted by Crippen LogP contribution is -2.28. The summed E-state index contributed by atoms with van der Waals surface area (Å²) in [5, 5.41) is 0.190. The standard InChI is InChI=1S/C10H15ClN2O3S2/c1-2-17(14)6-5-13-18(15,16)8-3-4-10(12)9(11)7-8/h3-4,7,13H,2,5-6,12H2,1H3. The van der Waals surface area contributed by atoms with Crippen LogP contribution < -0.4 is 10.5 Å². The van der Waals surface area contributed by atoms with Crippen LogP contribution >= 0.6 is 11.6 Å². The molecule has 0 aromatic heterocycles. The molecule has 3 N–H and O–H groups in total. The molecule has 1 atom stereocenters. The molecule has 0 bridgehead atoms. The van der Waals surface area contributed by atoms with Crippen LogP contribution in [0.4, 0.5) is 5.69 Å². The lowest BCUT2D eigenvalue weighted by atomic mass is 10.3. The predicted molar refractivity (Wildman–Crippen MR) is 74.6 cm³/mol. The number of nitrogens with one attached hydrogen (secondary N) is 1. The van der Waals surface area contributed by atoms with Crippen LogP contribution in [0.3, 0.4) is 0 Å². The van der Waals surface area contributed by atoms with E-state index < -0.39 is 20.8 Å². The van der Waals surface area contributed by atoms with Gasteiger partial charge < -0.3 is 5.73 Å². The number of rotatable bonds is 6. The second-order valence-electron chi connectivity index (χ2n) is 3.51. The molecule has 1 unspecified atom stereocenters. The van der Waals surface area contributed by atoms with Gasteiger partial charge >= 0.3 is 0 Å². The Kier molecular flexibility index (Phi) is 5.58. The Hall–Kier alpha value is -0.630. The molecule has 1 rings (SSSR count). The molecular weight excluding hydrogens is 296 g/mol. The van der Waals surface area contributed by atoms with Gasteiger partial charge in [-0.2, -0.15) is 0 Å². The normalized spacial score (nSPS) is 13.4. The van der Waals surface area contributed by atoms with Gasteiger partial charge in [0.2, 0.25) is 10.0 Å². The second-order valence-corrected chi connectivity index (χ2v) is 7.55. The number of anilines is 1. The Morgan fingerprint density at radius 3 is 2.67 bits per heavy atom. The van der Waals surface area contributed by atoms with E-state index in [1.54, 1.807) is 6.92 Å². The van der Waals surface area contributed by atoms with Crippen LogP contribution in [0.15, 0.2) is 23.1 Å². The van der Waals surface area contributed by atoms with Gasteiger partial charge in [0.15, 0.2) is 0 Å². The van der Waals surface area contributed by atoms with E-state index in [9.17, 15) is 12.6 Å². The van der Waals surface area contributed by atoms with E-state index in [0.29, 0.717) is 17.2 Å². The summed E-state index contributed by atoms with van der Waals surface area (Å²) < 4.78 is 37.3. The monoisotopic (exact) mass is 310 g/mol. The van der Waals surface area contributed by atoms with Gasteiger partial charge in [0.25, 0.3) is 0 Å². The molecule has 0 radical (unpaired) electrons. The number of nitrogens with two attached hydrogens (primary N) is 1. The van der Waals surface area contributed by atoms with Gasteiger partial charge in [-0.05, 0) is 18.2 Å². The highest BCUT2D eigenvalue weighted by molar-refractivity contribution is 7.89. The molecule has 0 aliphatic rings. The Labute approximate surface area is 114 Å². The number of benzene rings is 1. The van der Waals surface area contributed by atoms with E-state index in [2.05, 4.69) is 4.72 Å². The molecule has 0 spiro atoms. The minimum Gasteiger partial charge on any atom is -0.398 e. The number of hydrogen-bond donors (Lipinski definition) is 2. The topological polar surface area (TPSA) is 89.3 Å². The van der Waals surface area contributed by atoms with Crippen molar-refractivity contribution in [2.75, 3.05) is 23.8 Å². The molecule has 0 aliphatic carbocycles. The molecule has 1 aromatic rings. The van der Waals surface area contributed by atoms with Crippen molar-refractivity contribution in [1.29, 1.82) is 0 Å². The summed E-state index contributed by atoms with van der Waals surface area (Å²) in [4.78, 5) is 0.0454. The molecule has 5 nitrogen and oxygen atoms in total. The largest absolute Gasteiger partial charge is 0.398 e. The minimum atomic E-state index is -3.63. The van der Waals surface area contributed by atoms with Crippen molar-refractivity contribution in [2.24, 2.45) is 0 Å². The van der Waals surface area contributed by atoms with Crippen LogP contribution in [0.25, 0.3) is 0 Å². The summed E-state index contributed by atoms with van der Waals surface area (Å²) in [7, 11) is -4.63. The highest BCUT2D eigenvalue weighted by atomic mass is 35.5. The average molecular weight is 311 g/mol. The lowest BCUT2D eigenvalue weighted by molar-refractivity contribution is 0.584. The van der Waals surface area contributed by atoms with E-state index in [4.69, 9.17) is 17.3 Å². The summed E-state index contributed by atoms with van der Waals surface area (Å²) in [6, 6.07) is 4.09. The van der Waals surface area contributed by atoms with E-state index in [-0.39, 0.29) is 16.5 Å². The highest BCUT2D eigenvalue weighted by Crippen LogP contribution is 2.22. The maximum Gasteiger partial charge on any atom is 0.240 e. The van der Waals surface area contributed by atoms with Crippen molar-refractivity contribution in [2.45, 2.75) is 11.8 Å². The van der Waals surface area contributed by atoms with Crippen LogP contribution in [-0.4, -0.2) is 30.7 Å². The third kappa shape index (κ3) is 4.24. The third-order valence-corrected chi connectivity index (χ3v) is 5.32.